The summed E-state index contributed by atoms with van der Waals surface area (Å²) in [6.07, 6.45) is 28.9. The molecule has 26 heteroatoms. The van der Waals surface area contributed by atoms with E-state index in [0.29, 0.717) is 44.4 Å². The van der Waals surface area contributed by atoms with Crippen LogP contribution in [0.4, 0.5) is 0 Å². The Labute approximate surface area is 711 Å². The van der Waals surface area contributed by atoms with Gasteiger partial charge in [-0.2, -0.15) is 0 Å². The van der Waals surface area contributed by atoms with E-state index in [2.05, 4.69) is 58.9 Å². The third kappa shape index (κ3) is 50.2. The van der Waals surface area contributed by atoms with Crippen molar-refractivity contribution in [2.75, 3.05) is 26.4 Å². The predicted octanol–water partition coefficient (Wildman–Crippen LogP) is 17.6. The maximum Gasteiger partial charge on any atom is 0.472 e. The Hall–Kier alpha value is -3.05. The van der Waals surface area contributed by atoms with Gasteiger partial charge in [-0.25, -0.2) is 4.57 Å². The molecule has 0 aromatic rings. The van der Waals surface area contributed by atoms with E-state index in [1.54, 1.807) is 0 Å². The predicted molar refractivity (Wildman–Crippen MR) is 458 cm³/mol. The van der Waals surface area contributed by atoms with Crippen LogP contribution in [0.25, 0.3) is 0 Å². The molecule has 2 saturated heterocycles. The topological polar surface area (TPSA) is 380 Å². The molecule has 19 unspecified atom stereocenters. The smallest absolute Gasteiger partial charge is 0.463 e. The van der Waals surface area contributed by atoms with E-state index in [-0.39, 0.29) is 32.1 Å². The second-order valence-corrected chi connectivity index (χ2v) is 35.6. The lowest BCUT2D eigenvalue weighted by Gasteiger charge is -2.50. The number of unbranched alkanes of at least 4 members (excludes halogenated alkanes) is 44. The molecule has 2 heterocycles. The van der Waals surface area contributed by atoms with Crippen LogP contribution in [0.1, 0.15) is 401 Å². The third-order valence-electron chi connectivity index (χ3n) is 23.3. The van der Waals surface area contributed by atoms with Crippen LogP contribution in [0.5, 0.6) is 0 Å². The second-order valence-electron chi connectivity index (χ2n) is 34.1. The Bertz CT molecular complexity index is 2570. The molecule has 2 aliphatic heterocycles. The minimum absolute atomic E-state index is 0.0131. The summed E-state index contributed by atoms with van der Waals surface area (Å²) in [5.41, 5.74) is 0. The molecule has 0 bridgehead atoms. The molecule has 0 aromatic heterocycles. The van der Waals surface area contributed by atoms with Crippen molar-refractivity contribution < 1.29 is 122 Å². The van der Waals surface area contributed by atoms with Crippen LogP contribution in [-0.4, -0.2) is 205 Å². The first kappa shape index (κ1) is 109. The summed E-state index contributed by atoms with van der Waals surface area (Å²) in [6.45, 7) is 7.90. The van der Waals surface area contributed by atoms with Crippen LogP contribution in [0.2, 0.25) is 0 Å². The zero-order valence-corrected chi connectivity index (χ0v) is 74.8. The van der Waals surface area contributed by atoms with Crippen molar-refractivity contribution in [2.45, 2.75) is 505 Å². The number of ether oxygens (including phenoxy) is 8. The molecule has 0 spiro atoms. The highest BCUT2D eigenvalue weighted by Gasteiger charge is 2.60. The Morgan fingerprint density at radius 3 is 1.11 bits per heavy atom. The SMILES string of the molecule is CCCCCC/C=C\CCCCCCCCCC(=O)OC(COC(=O)CCCCCCCCCCCCCCCCC)COP(=O)(O)OC1C(OC2OC(CO)C(O)C(O)C2O)C(O)C(O)C(OC(=O)CCCCC/C=C\CCCCCCCC)C1OC1OC(COC(=O)CCCCCCCCC(C)CCCCCCCC)C(O)C(O)C1O. The van der Waals surface area contributed by atoms with Gasteiger partial charge in [0.15, 0.2) is 24.8 Å². The molecule has 118 heavy (non-hydrogen) atoms. The maximum absolute atomic E-state index is 14.9. The molecule has 3 rings (SSSR count). The summed E-state index contributed by atoms with van der Waals surface area (Å²) in [4.78, 5) is 66.5. The number of aliphatic hydroxyl groups excluding tert-OH is 9. The first-order valence-corrected chi connectivity index (χ1v) is 49.0. The Kier molecular flexibility index (Phi) is 64.9. The minimum atomic E-state index is -5.81. The number of carbonyl (C=O) groups is 4. The van der Waals surface area contributed by atoms with Crippen molar-refractivity contribution in [1.82, 2.24) is 0 Å². The monoisotopic (exact) mass is 1710 g/mol. The van der Waals surface area contributed by atoms with E-state index in [1.165, 1.54) is 161 Å². The van der Waals surface area contributed by atoms with Gasteiger partial charge in [0.1, 0.15) is 92.6 Å². The van der Waals surface area contributed by atoms with E-state index in [9.17, 15) is 74.6 Å². The average Bonchev–Trinajstić information content (AvgIpc) is 0.754. The van der Waals surface area contributed by atoms with Gasteiger partial charge in [-0.15, -0.1) is 0 Å². The number of hydrogen-bond donors (Lipinski definition) is 10. The molecule has 19 atom stereocenters. The van der Waals surface area contributed by atoms with Gasteiger partial charge in [0.05, 0.1) is 13.2 Å². The second kappa shape index (κ2) is 70.2. The summed E-state index contributed by atoms with van der Waals surface area (Å²) in [5.74, 6) is -2.30. The van der Waals surface area contributed by atoms with Crippen molar-refractivity contribution in [3.63, 3.8) is 0 Å². The van der Waals surface area contributed by atoms with Gasteiger partial charge in [0.25, 0.3) is 0 Å². The van der Waals surface area contributed by atoms with Crippen molar-refractivity contribution >= 4 is 31.7 Å². The number of rotatable bonds is 76. The largest absolute Gasteiger partial charge is 0.472 e. The zero-order chi connectivity index (χ0) is 86.2. The summed E-state index contributed by atoms with van der Waals surface area (Å²) in [7, 11) is -5.81. The van der Waals surface area contributed by atoms with Gasteiger partial charge >= 0.3 is 31.7 Å². The lowest BCUT2D eigenvalue weighted by atomic mass is 9.84. The number of esters is 4. The first-order valence-electron chi connectivity index (χ1n) is 47.5. The summed E-state index contributed by atoms with van der Waals surface area (Å²) >= 11 is 0. The Morgan fingerprint density at radius 2 is 0.686 bits per heavy atom. The highest BCUT2D eigenvalue weighted by Crippen LogP contribution is 2.49. The zero-order valence-electron chi connectivity index (χ0n) is 73.9. The summed E-state index contributed by atoms with van der Waals surface area (Å²) in [5, 5.41) is 102. The molecule has 0 aromatic carbocycles. The number of carbonyl (C=O) groups excluding carboxylic acids is 4. The highest BCUT2D eigenvalue weighted by atomic mass is 31.2. The van der Waals surface area contributed by atoms with Crippen LogP contribution in [0, 0.1) is 5.92 Å². The van der Waals surface area contributed by atoms with Crippen LogP contribution < -0.4 is 0 Å². The van der Waals surface area contributed by atoms with Gasteiger partial charge in [-0.3, -0.25) is 28.2 Å². The first-order chi connectivity index (χ1) is 57.1. The van der Waals surface area contributed by atoms with E-state index in [0.717, 1.165) is 135 Å². The van der Waals surface area contributed by atoms with Crippen molar-refractivity contribution in [3.05, 3.63) is 24.3 Å². The quantitative estimate of drug-likeness (QED) is 0.00889. The third-order valence-corrected chi connectivity index (χ3v) is 24.3. The molecule has 1 saturated carbocycles. The van der Waals surface area contributed by atoms with Crippen molar-refractivity contribution in [1.29, 1.82) is 0 Å². The van der Waals surface area contributed by atoms with Crippen LogP contribution >= 0.6 is 7.82 Å². The van der Waals surface area contributed by atoms with E-state index >= 15 is 0 Å². The fourth-order valence-corrected chi connectivity index (χ4v) is 16.6. The highest BCUT2D eigenvalue weighted by molar-refractivity contribution is 7.47. The summed E-state index contributed by atoms with van der Waals surface area (Å²) in [6, 6.07) is 0. The van der Waals surface area contributed by atoms with Gasteiger partial charge in [0, 0.05) is 25.7 Å². The molecular weight excluding hydrogens is 1540 g/mol. The molecular formula is C92H169O25P. The number of hydrogen-bond acceptors (Lipinski definition) is 24. The number of allylic oxidation sites excluding steroid dienone is 4. The normalized spacial score (nSPS) is 25.3. The molecule has 0 radical (unpaired) electrons. The van der Waals surface area contributed by atoms with Gasteiger partial charge in [0.2, 0.25) is 0 Å². The Morgan fingerprint density at radius 1 is 0.356 bits per heavy atom. The lowest BCUT2D eigenvalue weighted by molar-refractivity contribution is -0.360. The van der Waals surface area contributed by atoms with E-state index < -0.39 is 162 Å². The number of phosphoric acid groups is 1. The van der Waals surface area contributed by atoms with Gasteiger partial charge < -0.3 is 88.7 Å². The van der Waals surface area contributed by atoms with Crippen molar-refractivity contribution in [3.8, 4) is 0 Å². The van der Waals surface area contributed by atoms with Crippen LogP contribution in [0.15, 0.2) is 24.3 Å². The molecule has 3 aliphatic rings. The van der Waals surface area contributed by atoms with E-state index in [4.69, 9.17) is 46.9 Å². The lowest BCUT2D eigenvalue weighted by Crippen LogP contribution is -2.70. The van der Waals surface area contributed by atoms with Crippen LogP contribution in [-0.2, 0) is 70.7 Å². The fourth-order valence-electron chi connectivity index (χ4n) is 15.7. The molecule has 25 nitrogen and oxygen atoms in total. The molecule has 10 N–H and O–H groups in total. The van der Waals surface area contributed by atoms with Gasteiger partial charge in [-0.05, 0) is 83.0 Å². The average molecular weight is 1710 g/mol. The molecule has 1 aliphatic carbocycles. The summed E-state index contributed by atoms with van der Waals surface area (Å²) < 4.78 is 73.4. The van der Waals surface area contributed by atoms with Crippen LogP contribution in [0.3, 0.4) is 0 Å². The minimum Gasteiger partial charge on any atom is -0.463 e. The standard InChI is InChI=1S/C92H169O25P/c1-6-10-14-18-22-25-28-31-33-36-38-41-44-51-57-63-75(94)108-68-72(111-77(96)65-59-53-45-42-40-37-34-32-29-26-23-19-15-11-7-2)69-110-118(106,107)117-90-88(115-91-85(104)81(100)79(98)73(67-93)112-91)84(103)83(102)87(114-78(97)66-60-54-46-43-39-35-30-27-24-20-16-12-8-3)89(90)116-92-86(105)82(101)80(99)74(113-92)70-109-76(95)64-58-52-48-47-50-56-62-71(5)61-55-49-21-17-13-9-4/h26,29,35,39,71-74,79-93,98-105H,6-25,27-28,30-34,36-38,40-70H2,1-5H3,(H,106,107)/b29-26-,39-35-. The fraction of sp³-hybridized carbons (Fsp3) is 0.913. The number of phosphoric ester groups is 1. The molecule has 0 amide bonds. The molecule has 692 valence electrons. The van der Waals surface area contributed by atoms with Gasteiger partial charge in [-0.1, -0.05) is 322 Å². The number of aliphatic hydroxyl groups is 9. The van der Waals surface area contributed by atoms with Crippen molar-refractivity contribution in [2.24, 2.45) is 5.92 Å². The molecule has 3 fully saturated rings. The van der Waals surface area contributed by atoms with E-state index in [1.807, 2.05) is 0 Å². The maximum atomic E-state index is 14.9. The Balaban J connectivity index is 1.92.